The van der Waals surface area contributed by atoms with Crippen LogP contribution in [0, 0.1) is 5.82 Å². The molecular formula is C15H15BrClFN2. The van der Waals surface area contributed by atoms with Gasteiger partial charge in [0.2, 0.25) is 0 Å². The van der Waals surface area contributed by atoms with E-state index in [-0.39, 0.29) is 5.82 Å². The Bertz CT molecular complexity index is 617. The summed E-state index contributed by atoms with van der Waals surface area (Å²) in [6.45, 7) is 0.513. The second kappa shape index (κ2) is 6.46. The molecule has 2 aromatic rings. The predicted octanol–water partition coefficient (Wildman–Crippen LogP) is 4.92. The van der Waals surface area contributed by atoms with Crippen LogP contribution in [0.4, 0.5) is 15.8 Å². The lowest BCUT2D eigenvalue weighted by atomic mass is 10.2. The molecular weight excluding hydrogens is 343 g/mol. The molecule has 5 heteroatoms. The van der Waals surface area contributed by atoms with Gasteiger partial charge in [-0.15, -0.1) is 0 Å². The van der Waals surface area contributed by atoms with E-state index >= 15 is 0 Å². The standard InChI is InChI=1S/C15H15BrClFN2/c1-20(2)15-13(17)4-3-5-14(15)19-9-10-8-11(18)6-7-12(10)16/h3-8,19H,9H2,1-2H3. The van der Waals surface area contributed by atoms with Crippen molar-refractivity contribution in [1.29, 1.82) is 0 Å². The topological polar surface area (TPSA) is 15.3 Å². The Labute approximate surface area is 131 Å². The molecule has 106 valence electrons. The highest BCUT2D eigenvalue weighted by atomic mass is 79.9. The number of halogens is 3. The van der Waals surface area contributed by atoms with Gasteiger partial charge in [0, 0.05) is 25.1 Å². The number of rotatable bonds is 4. The molecule has 2 aromatic carbocycles. The molecule has 0 heterocycles. The molecule has 0 atom stereocenters. The number of para-hydroxylation sites is 1. The molecule has 0 unspecified atom stereocenters. The summed E-state index contributed by atoms with van der Waals surface area (Å²) in [6, 6.07) is 10.3. The quantitative estimate of drug-likeness (QED) is 0.835. The van der Waals surface area contributed by atoms with Crippen LogP contribution in [0.1, 0.15) is 5.56 Å². The molecule has 20 heavy (non-hydrogen) atoms. The summed E-state index contributed by atoms with van der Waals surface area (Å²) in [6.07, 6.45) is 0. The molecule has 0 radical (unpaired) electrons. The highest BCUT2D eigenvalue weighted by molar-refractivity contribution is 9.10. The van der Waals surface area contributed by atoms with E-state index in [9.17, 15) is 4.39 Å². The van der Waals surface area contributed by atoms with Gasteiger partial charge >= 0.3 is 0 Å². The highest BCUT2D eigenvalue weighted by Crippen LogP contribution is 2.33. The van der Waals surface area contributed by atoms with Crippen molar-refractivity contribution in [1.82, 2.24) is 0 Å². The summed E-state index contributed by atoms with van der Waals surface area (Å²) < 4.78 is 14.1. The first-order chi connectivity index (χ1) is 9.49. The van der Waals surface area contributed by atoms with Crippen LogP contribution in [0.15, 0.2) is 40.9 Å². The Balaban J connectivity index is 2.23. The van der Waals surface area contributed by atoms with E-state index in [1.54, 1.807) is 6.07 Å². The molecule has 0 aliphatic heterocycles. The Morgan fingerprint density at radius 1 is 1.25 bits per heavy atom. The molecule has 0 bridgehead atoms. The van der Waals surface area contributed by atoms with Crippen molar-refractivity contribution < 1.29 is 4.39 Å². The second-order valence-corrected chi connectivity index (χ2v) is 5.88. The molecule has 0 amide bonds. The lowest BCUT2D eigenvalue weighted by molar-refractivity contribution is 0.625. The van der Waals surface area contributed by atoms with Gasteiger partial charge in [-0.2, -0.15) is 0 Å². The van der Waals surface area contributed by atoms with Crippen LogP contribution in [-0.2, 0) is 6.54 Å². The van der Waals surface area contributed by atoms with Gasteiger partial charge in [-0.25, -0.2) is 4.39 Å². The average molecular weight is 358 g/mol. The zero-order chi connectivity index (χ0) is 14.7. The molecule has 0 spiro atoms. The minimum Gasteiger partial charge on any atom is -0.379 e. The van der Waals surface area contributed by atoms with Crippen LogP contribution in [0.2, 0.25) is 5.02 Å². The lowest BCUT2D eigenvalue weighted by Crippen LogP contribution is -2.13. The summed E-state index contributed by atoms with van der Waals surface area (Å²) in [5.41, 5.74) is 2.69. The fourth-order valence-corrected chi connectivity index (χ4v) is 2.71. The first-order valence-electron chi connectivity index (χ1n) is 6.12. The van der Waals surface area contributed by atoms with Crippen molar-refractivity contribution in [3.05, 3.63) is 57.3 Å². The normalized spacial score (nSPS) is 10.4. The molecule has 2 nitrogen and oxygen atoms in total. The molecule has 0 saturated heterocycles. The minimum absolute atomic E-state index is 0.246. The maximum absolute atomic E-state index is 13.3. The van der Waals surface area contributed by atoms with Crippen LogP contribution in [0.5, 0.6) is 0 Å². The van der Waals surface area contributed by atoms with E-state index in [2.05, 4.69) is 21.2 Å². The van der Waals surface area contributed by atoms with E-state index in [4.69, 9.17) is 11.6 Å². The number of anilines is 2. The lowest BCUT2D eigenvalue weighted by Gasteiger charge is -2.20. The maximum Gasteiger partial charge on any atom is 0.123 e. The van der Waals surface area contributed by atoms with Crippen molar-refractivity contribution in [2.24, 2.45) is 0 Å². The molecule has 0 aromatic heterocycles. The number of hydrogen-bond acceptors (Lipinski definition) is 2. The zero-order valence-corrected chi connectivity index (χ0v) is 13.6. The smallest absolute Gasteiger partial charge is 0.123 e. The minimum atomic E-state index is -0.246. The first kappa shape index (κ1) is 15.1. The van der Waals surface area contributed by atoms with Gasteiger partial charge in [-0.1, -0.05) is 33.6 Å². The monoisotopic (exact) mass is 356 g/mol. The van der Waals surface area contributed by atoms with Crippen molar-refractivity contribution in [2.45, 2.75) is 6.54 Å². The molecule has 2 rings (SSSR count). The first-order valence-corrected chi connectivity index (χ1v) is 7.30. The Kier molecular flexibility index (Phi) is 4.89. The number of nitrogens with one attached hydrogen (secondary N) is 1. The van der Waals surface area contributed by atoms with E-state index in [1.165, 1.54) is 12.1 Å². The van der Waals surface area contributed by atoms with Gasteiger partial charge < -0.3 is 10.2 Å². The molecule has 0 saturated carbocycles. The second-order valence-electron chi connectivity index (χ2n) is 4.62. The summed E-state index contributed by atoms with van der Waals surface area (Å²) in [7, 11) is 3.87. The largest absolute Gasteiger partial charge is 0.379 e. The van der Waals surface area contributed by atoms with Crippen LogP contribution in [-0.4, -0.2) is 14.1 Å². The summed E-state index contributed by atoms with van der Waals surface area (Å²) >= 11 is 9.63. The fraction of sp³-hybridized carbons (Fsp3) is 0.200. The average Bonchev–Trinajstić information content (AvgIpc) is 2.39. The predicted molar refractivity (Wildman–Crippen MR) is 87.2 cm³/mol. The van der Waals surface area contributed by atoms with Crippen molar-refractivity contribution in [2.75, 3.05) is 24.3 Å². The van der Waals surface area contributed by atoms with E-state index in [0.717, 1.165) is 21.4 Å². The summed E-state index contributed by atoms with van der Waals surface area (Å²) in [5, 5.41) is 3.98. The maximum atomic E-state index is 13.3. The fourth-order valence-electron chi connectivity index (χ4n) is 1.98. The molecule has 0 aliphatic rings. The summed E-state index contributed by atoms with van der Waals surface area (Å²) in [4.78, 5) is 1.95. The van der Waals surface area contributed by atoms with Crippen molar-refractivity contribution >= 4 is 38.9 Å². The van der Waals surface area contributed by atoms with Crippen LogP contribution in [0.25, 0.3) is 0 Å². The third-order valence-corrected chi connectivity index (χ3v) is 3.99. The van der Waals surface area contributed by atoms with E-state index in [1.807, 2.05) is 37.2 Å². The number of nitrogens with zero attached hydrogens (tertiary/aromatic N) is 1. The SMILES string of the molecule is CN(C)c1c(Cl)cccc1NCc1cc(F)ccc1Br. The van der Waals surface area contributed by atoms with E-state index in [0.29, 0.717) is 11.6 Å². The van der Waals surface area contributed by atoms with Crippen LogP contribution < -0.4 is 10.2 Å². The van der Waals surface area contributed by atoms with Crippen LogP contribution in [0.3, 0.4) is 0 Å². The number of benzene rings is 2. The summed E-state index contributed by atoms with van der Waals surface area (Å²) in [5.74, 6) is -0.246. The third kappa shape index (κ3) is 3.44. The van der Waals surface area contributed by atoms with Gasteiger partial charge in [0.1, 0.15) is 5.82 Å². The van der Waals surface area contributed by atoms with Gasteiger partial charge in [-0.3, -0.25) is 0 Å². The third-order valence-electron chi connectivity index (χ3n) is 2.91. The Morgan fingerprint density at radius 2 is 2.00 bits per heavy atom. The molecule has 0 aliphatic carbocycles. The van der Waals surface area contributed by atoms with Crippen molar-refractivity contribution in [3.63, 3.8) is 0 Å². The molecule has 1 N–H and O–H groups in total. The van der Waals surface area contributed by atoms with Gasteiger partial charge in [0.15, 0.2) is 0 Å². The van der Waals surface area contributed by atoms with Gasteiger partial charge in [0.05, 0.1) is 16.4 Å². The van der Waals surface area contributed by atoms with Gasteiger partial charge in [0.25, 0.3) is 0 Å². The van der Waals surface area contributed by atoms with Gasteiger partial charge in [-0.05, 0) is 35.9 Å². The van der Waals surface area contributed by atoms with Crippen molar-refractivity contribution in [3.8, 4) is 0 Å². The zero-order valence-electron chi connectivity index (χ0n) is 11.3. The van der Waals surface area contributed by atoms with Crippen LogP contribution >= 0.6 is 27.5 Å². The highest BCUT2D eigenvalue weighted by Gasteiger charge is 2.09. The molecule has 0 fully saturated rings. The Morgan fingerprint density at radius 3 is 2.70 bits per heavy atom. The number of hydrogen-bond donors (Lipinski definition) is 1. The Hall–Kier alpha value is -1.26. The van der Waals surface area contributed by atoms with E-state index < -0.39 is 0 Å².